The summed E-state index contributed by atoms with van der Waals surface area (Å²) in [6.45, 7) is 0. The Balaban J connectivity index is 1.94. The molecule has 2 atom stereocenters. The fraction of sp³-hybridized carbons (Fsp3) is 0.625. The molecule has 0 spiro atoms. The van der Waals surface area contributed by atoms with E-state index in [-0.39, 0.29) is 12.2 Å². The maximum atomic E-state index is 10.4. The molecule has 2 nitrogen and oxygen atoms in total. The minimum Gasteiger partial charge on any atom is -0.390 e. The summed E-state index contributed by atoms with van der Waals surface area (Å²) in [5.74, 6) is 0.530. The first-order chi connectivity index (χ1) is 8.81. The fourth-order valence-corrected chi connectivity index (χ4v) is 3.10. The van der Waals surface area contributed by atoms with Crippen molar-refractivity contribution >= 4 is 0 Å². The van der Waals surface area contributed by atoms with Crippen molar-refractivity contribution in [3.8, 4) is 0 Å². The number of ether oxygens (including phenoxy) is 1. The lowest BCUT2D eigenvalue weighted by atomic mass is 9.82. The Morgan fingerprint density at radius 3 is 2.44 bits per heavy atom. The first kappa shape index (κ1) is 13.6. The van der Waals surface area contributed by atoms with E-state index in [2.05, 4.69) is 12.1 Å². The number of hydrogen-bond donors (Lipinski definition) is 1. The molecule has 1 fully saturated rings. The molecule has 2 rings (SSSR count). The summed E-state index contributed by atoms with van der Waals surface area (Å²) in [5, 5.41) is 10.4. The minimum atomic E-state index is -0.388. The van der Waals surface area contributed by atoms with E-state index in [9.17, 15) is 5.11 Å². The molecule has 0 aliphatic heterocycles. The summed E-state index contributed by atoms with van der Waals surface area (Å²) in [6.07, 6.45) is 6.59. The van der Waals surface area contributed by atoms with E-state index in [1.54, 1.807) is 7.11 Å². The Morgan fingerprint density at radius 2 is 1.83 bits per heavy atom. The van der Waals surface area contributed by atoms with E-state index in [4.69, 9.17) is 4.74 Å². The predicted octanol–water partition coefficient (Wildman–Crippen LogP) is 3.19. The zero-order chi connectivity index (χ0) is 12.8. The summed E-state index contributed by atoms with van der Waals surface area (Å²) in [7, 11) is 1.73. The van der Waals surface area contributed by atoms with Crippen LogP contribution in [0.2, 0.25) is 0 Å². The lowest BCUT2D eigenvalue weighted by Crippen LogP contribution is -2.37. The molecule has 1 N–H and O–H groups in total. The number of rotatable bonds is 5. The molecule has 1 aromatic carbocycles. The van der Waals surface area contributed by atoms with Gasteiger partial charge in [0, 0.05) is 13.5 Å². The molecule has 1 aromatic rings. The topological polar surface area (TPSA) is 29.5 Å². The lowest BCUT2D eigenvalue weighted by Gasteiger charge is -2.32. The molecule has 1 aliphatic rings. The van der Waals surface area contributed by atoms with Gasteiger partial charge in [0.05, 0.1) is 12.2 Å². The Kier molecular flexibility index (Phi) is 5.21. The van der Waals surface area contributed by atoms with Crippen molar-refractivity contribution in [3.63, 3.8) is 0 Å². The molecule has 0 heterocycles. The molecular formula is C16H24O2. The average Bonchev–Trinajstić information content (AvgIpc) is 2.42. The van der Waals surface area contributed by atoms with Crippen molar-refractivity contribution < 1.29 is 9.84 Å². The Bertz CT molecular complexity index is 330. The second-order valence-corrected chi connectivity index (χ2v) is 5.36. The third-order valence-corrected chi connectivity index (χ3v) is 4.05. The number of hydrogen-bond acceptors (Lipinski definition) is 2. The number of benzene rings is 1. The van der Waals surface area contributed by atoms with Crippen molar-refractivity contribution in [1.82, 2.24) is 0 Å². The third kappa shape index (κ3) is 3.56. The predicted molar refractivity (Wildman–Crippen MR) is 73.5 cm³/mol. The first-order valence-corrected chi connectivity index (χ1v) is 7.06. The zero-order valence-corrected chi connectivity index (χ0v) is 11.2. The van der Waals surface area contributed by atoms with Crippen molar-refractivity contribution in [2.75, 3.05) is 7.11 Å². The van der Waals surface area contributed by atoms with Gasteiger partial charge in [-0.2, -0.15) is 0 Å². The molecule has 100 valence electrons. The Labute approximate surface area is 110 Å². The minimum absolute atomic E-state index is 0.00879. The summed E-state index contributed by atoms with van der Waals surface area (Å²) in [4.78, 5) is 0. The van der Waals surface area contributed by atoms with Gasteiger partial charge in [0.1, 0.15) is 0 Å². The van der Waals surface area contributed by atoms with Gasteiger partial charge >= 0.3 is 0 Å². The standard InChI is InChI=1S/C16H24O2/c1-18-16(14-10-6-3-7-11-14)15(17)12-13-8-4-2-5-9-13/h2,4-5,8-9,14-17H,3,6-7,10-12H2,1H3. The number of aliphatic hydroxyl groups is 1. The third-order valence-electron chi connectivity index (χ3n) is 4.05. The van der Waals surface area contributed by atoms with Gasteiger partial charge in [-0.25, -0.2) is 0 Å². The van der Waals surface area contributed by atoms with Crippen molar-refractivity contribution in [2.45, 2.75) is 50.7 Å². The molecule has 0 aromatic heterocycles. The van der Waals surface area contributed by atoms with Gasteiger partial charge in [-0.3, -0.25) is 0 Å². The highest BCUT2D eigenvalue weighted by Gasteiger charge is 2.29. The van der Waals surface area contributed by atoms with E-state index < -0.39 is 0 Å². The van der Waals surface area contributed by atoms with Crippen LogP contribution in [0.1, 0.15) is 37.7 Å². The molecular weight excluding hydrogens is 224 g/mol. The van der Waals surface area contributed by atoms with Crippen LogP contribution < -0.4 is 0 Å². The molecule has 0 saturated heterocycles. The van der Waals surface area contributed by atoms with E-state index in [1.165, 1.54) is 37.7 Å². The molecule has 2 unspecified atom stereocenters. The van der Waals surface area contributed by atoms with Crippen molar-refractivity contribution in [3.05, 3.63) is 35.9 Å². The van der Waals surface area contributed by atoms with Gasteiger partial charge in [-0.15, -0.1) is 0 Å². The molecule has 0 radical (unpaired) electrons. The van der Waals surface area contributed by atoms with Gasteiger partial charge in [0.2, 0.25) is 0 Å². The molecule has 1 aliphatic carbocycles. The van der Waals surface area contributed by atoms with E-state index in [0.29, 0.717) is 12.3 Å². The summed E-state index contributed by atoms with van der Waals surface area (Å²) in [5.41, 5.74) is 1.18. The quantitative estimate of drug-likeness (QED) is 0.867. The largest absolute Gasteiger partial charge is 0.390 e. The van der Waals surface area contributed by atoms with Crippen LogP contribution in [0.25, 0.3) is 0 Å². The Morgan fingerprint density at radius 1 is 1.17 bits per heavy atom. The summed E-state index contributed by atoms with van der Waals surface area (Å²) < 4.78 is 5.57. The highest BCUT2D eigenvalue weighted by molar-refractivity contribution is 5.15. The van der Waals surface area contributed by atoms with Crippen LogP contribution in [0.4, 0.5) is 0 Å². The zero-order valence-electron chi connectivity index (χ0n) is 11.2. The highest BCUT2D eigenvalue weighted by atomic mass is 16.5. The van der Waals surface area contributed by atoms with Gasteiger partial charge in [0.15, 0.2) is 0 Å². The van der Waals surface area contributed by atoms with Crippen LogP contribution in [-0.4, -0.2) is 24.4 Å². The summed E-state index contributed by atoms with van der Waals surface area (Å²) in [6, 6.07) is 10.2. The smallest absolute Gasteiger partial charge is 0.0861 e. The van der Waals surface area contributed by atoms with Crippen LogP contribution in [0.5, 0.6) is 0 Å². The van der Waals surface area contributed by atoms with Gasteiger partial charge in [0.25, 0.3) is 0 Å². The van der Waals surface area contributed by atoms with E-state index in [1.807, 2.05) is 18.2 Å². The van der Waals surface area contributed by atoms with Crippen molar-refractivity contribution in [1.29, 1.82) is 0 Å². The molecule has 18 heavy (non-hydrogen) atoms. The van der Waals surface area contributed by atoms with E-state index >= 15 is 0 Å². The first-order valence-electron chi connectivity index (χ1n) is 7.06. The average molecular weight is 248 g/mol. The Hall–Kier alpha value is -0.860. The maximum absolute atomic E-state index is 10.4. The second kappa shape index (κ2) is 6.91. The second-order valence-electron chi connectivity index (χ2n) is 5.36. The number of aliphatic hydroxyl groups excluding tert-OH is 1. The summed E-state index contributed by atoms with van der Waals surface area (Å²) >= 11 is 0. The number of methoxy groups -OCH3 is 1. The van der Waals surface area contributed by atoms with Crippen LogP contribution >= 0.6 is 0 Å². The normalized spacial score (nSPS) is 20.6. The SMILES string of the molecule is COC(C(O)Cc1ccccc1)C1CCCCC1. The molecule has 2 heteroatoms. The lowest BCUT2D eigenvalue weighted by molar-refractivity contribution is -0.0535. The van der Waals surface area contributed by atoms with Crippen LogP contribution in [-0.2, 0) is 11.2 Å². The van der Waals surface area contributed by atoms with Gasteiger partial charge in [-0.1, -0.05) is 49.6 Å². The molecule has 0 bridgehead atoms. The van der Waals surface area contributed by atoms with Crippen LogP contribution in [0.3, 0.4) is 0 Å². The van der Waals surface area contributed by atoms with Gasteiger partial charge in [-0.05, 0) is 24.3 Å². The monoisotopic (exact) mass is 248 g/mol. The molecule has 0 amide bonds. The van der Waals surface area contributed by atoms with Crippen molar-refractivity contribution in [2.24, 2.45) is 5.92 Å². The highest BCUT2D eigenvalue weighted by Crippen LogP contribution is 2.30. The van der Waals surface area contributed by atoms with Crippen LogP contribution in [0.15, 0.2) is 30.3 Å². The maximum Gasteiger partial charge on any atom is 0.0861 e. The molecule has 1 saturated carbocycles. The van der Waals surface area contributed by atoms with Gasteiger partial charge < -0.3 is 9.84 Å². The van der Waals surface area contributed by atoms with E-state index in [0.717, 1.165) is 0 Å². The fourth-order valence-electron chi connectivity index (χ4n) is 3.10. The van der Waals surface area contributed by atoms with Crippen LogP contribution in [0, 0.1) is 5.92 Å².